The van der Waals surface area contributed by atoms with Gasteiger partial charge in [-0.1, -0.05) is 12.1 Å². The molecule has 1 aliphatic heterocycles. The number of benzene rings is 1. The van der Waals surface area contributed by atoms with Crippen LogP contribution in [0.2, 0.25) is 0 Å². The second kappa shape index (κ2) is 6.30. The van der Waals surface area contributed by atoms with E-state index in [1.807, 2.05) is 0 Å². The number of anilines is 2. The number of aromatic amines is 1. The third-order valence-corrected chi connectivity index (χ3v) is 3.47. The molecule has 3 rings (SSSR count). The number of carbonyl (C=O) groups is 3. The van der Waals surface area contributed by atoms with Crippen LogP contribution in [0.3, 0.4) is 0 Å². The quantitative estimate of drug-likeness (QED) is 0.670. The Labute approximate surface area is 131 Å². The first-order chi connectivity index (χ1) is 11.1. The maximum Gasteiger partial charge on any atom is 0.254 e. The lowest BCUT2D eigenvalue weighted by Gasteiger charge is -2.13. The third kappa shape index (κ3) is 3.37. The molecule has 0 spiro atoms. The van der Waals surface area contributed by atoms with E-state index >= 15 is 0 Å². The first kappa shape index (κ1) is 14.8. The number of hydrogen-bond donors (Lipinski definition) is 4. The minimum Gasteiger partial charge on any atom is -0.340 e. The largest absolute Gasteiger partial charge is 0.340 e. The molecule has 3 amide bonds. The molecule has 0 bridgehead atoms. The molecule has 0 aliphatic carbocycles. The number of imidazole rings is 1. The topological polar surface area (TPSA) is 116 Å². The molecular weight excluding hydrogens is 298 g/mol. The molecule has 1 aromatic heterocycles. The Morgan fingerprint density at radius 1 is 1.26 bits per heavy atom. The molecule has 0 unspecified atom stereocenters. The van der Waals surface area contributed by atoms with Gasteiger partial charge in [-0.15, -0.1) is 0 Å². The molecule has 118 valence electrons. The van der Waals surface area contributed by atoms with Crippen LogP contribution in [0.25, 0.3) is 0 Å². The Balaban J connectivity index is 1.62. The Hall–Kier alpha value is -3.16. The molecule has 1 aliphatic rings. The van der Waals surface area contributed by atoms with Gasteiger partial charge in [0.2, 0.25) is 17.8 Å². The van der Waals surface area contributed by atoms with Crippen LogP contribution >= 0.6 is 0 Å². The van der Waals surface area contributed by atoms with Gasteiger partial charge in [0.15, 0.2) is 0 Å². The normalized spacial score (nSPS) is 16.8. The summed E-state index contributed by atoms with van der Waals surface area (Å²) in [4.78, 5) is 42.8. The second-order valence-electron chi connectivity index (χ2n) is 5.09. The first-order valence-electron chi connectivity index (χ1n) is 7.13. The van der Waals surface area contributed by atoms with E-state index in [1.54, 1.807) is 30.5 Å². The SMILES string of the molecule is O=C(CC[C@@H]1NC(=O)c2ccccc2NC1=O)Nc1ncc[nH]1. The fourth-order valence-corrected chi connectivity index (χ4v) is 2.32. The number of carbonyl (C=O) groups excluding carboxylic acids is 3. The van der Waals surface area contributed by atoms with Crippen LogP contribution < -0.4 is 16.0 Å². The highest BCUT2D eigenvalue weighted by Crippen LogP contribution is 2.19. The fraction of sp³-hybridized carbons (Fsp3) is 0.200. The maximum absolute atomic E-state index is 12.2. The molecule has 0 saturated heterocycles. The van der Waals surface area contributed by atoms with Crippen LogP contribution in [0, 0.1) is 0 Å². The summed E-state index contributed by atoms with van der Waals surface area (Å²) in [6.07, 6.45) is 3.38. The van der Waals surface area contributed by atoms with E-state index in [0.717, 1.165) is 0 Å². The first-order valence-corrected chi connectivity index (χ1v) is 7.13. The number of nitrogens with zero attached hydrogens (tertiary/aromatic N) is 1. The smallest absolute Gasteiger partial charge is 0.254 e. The van der Waals surface area contributed by atoms with Crippen molar-refractivity contribution in [3.05, 3.63) is 42.2 Å². The van der Waals surface area contributed by atoms with Gasteiger partial charge in [0.05, 0.1) is 11.3 Å². The maximum atomic E-state index is 12.2. The Bertz CT molecular complexity index is 741. The summed E-state index contributed by atoms with van der Waals surface area (Å²) in [7, 11) is 0. The number of aromatic nitrogens is 2. The Kier molecular flexibility index (Phi) is 4.05. The average Bonchev–Trinajstić information content (AvgIpc) is 3.00. The predicted molar refractivity (Wildman–Crippen MR) is 82.8 cm³/mol. The second-order valence-corrected chi connectivity index (χ2v) is 5.09. The molecule has 23 heavy (non-hydrogen) atoms. The van der Waals surface area contributed by atoms with E-state index in [2.05, 4.69) is 25.9 Å². The highest BCUT2D eigenvalue weighted by Gasteiger charge is 2.27. The van der Waals surface area contributed by atoms with Crippen LogP contribution in [0.4, 0.5) is 11.6 Å². The molecule has 0 saturated carbocycles. The molecule has 1 aromatic carbocycles. The van der Waals surface area contributed by atoms with Crippen LogP contribution in [0.15, 0.2) is 36.7 Å². The van der Waals surface area contributed by atoms with E-state index in [4.69, 9.17) is 0 Å². The van der Waals surface area contributed by atoms with Gasteiger partial charge >= 0.3 is 0 Å². The molecule has 0 fully saturated rings. The van der Waals surface area contributed by atoms with Crippen molar-refractivity contribution in [1.82, 2.24) is 15.3 Å². The predicted octanol–water partition coefficient (Wildman–Crippen LogP) is 0.879. The monoisotopic (exact) mass is 313 g/mol. The number of para-hydroxylation sites is 1. The summed E-state index contributed by atoms with van der Waals surface area (Å²) < 4.78 is 0. The fourth-order valence-electron chi connectivity index (χ4n) is 2.32. The standard InChI is InChI=1S/C15H15N5O3/c21-12(20-15-16-7-8-17-15)6-5-11-14(23)18-10-4-2-1-3-9(10)13(22)19-11/h1-4,7-8,11H,5-6H2,(H,18,23)(H,19,22)(H2,16,17,20,21)/t11-/m0/s1. The number of nitrogens with one attached hydrogen (secondary N) is 4. The molecule has 2 aromatic rings. The third-order valence-electron chi connectivity index (χ3n) is 3.47. The molecule has 4 N–H and O–H groups in total. The summed E-state index contributed by atoms with van der Waals surface area (Å²) >= 11 is 0. The van der Waals surface area contributed by atoms with Gasteiger partial charge in [0.1, 0.15) is 6.04 Å². The summed E-state index contributed by atoms with van der Waals surface area (Å²) in [6.45, 7) is 0. The van der Waals surface area contributed by atoms with E-state index in [0.29, 0.717) is 17.2 Å². The van der Waals surface area contributed by atoms with Crippen molar-refractivity contribution in [2.24, 2.45) is 0 Å². The van der Waals surface area contributed by atoms with Gasteiger partial charge in [-0.05, 0) is 18.6 Å². The minimum absolute atomic E-state index is 0.0788. The summed E-state index contributed by atoms with van der Waals surface area (Å²) in [5.74, 6) is -0.620. The van der Waals surface area contributed by atoms with Gasteiger partial charge in [-0.25, -0.2) is 4.98 Å². The average molecular weight is 313 g/mol. The van der Waals surface area contributed by atoms with E-state index in [1.165, 1.54) is 6.20 Å². The lowest BCUT2D eigenvalue weighted by Crippen LogP contribution is -2.41. The van der Waals surface area contributed by atoms with Crippen LogP contribution in [-0.4, -0.2) is 33.7 Å². The van der Waals surface area contributed by atoms with Gasteiger partial charge in [-0.2, -0.15) is 0 Å². The minimum atomic E-state index is -0.766. The molecule has 0 radical (unpaired) electrons. The number of amides is 3. The van der Waals surface area contributed by atoms with E-state index < -0.39 is 6.04 Å². The van der Waals surface area contributed by atoms with Crippen molar-refractivity contribution in [2.75, 3.05) is 10.6 Å². The molecular formula is C15H15N5O3. The molecule has 8 nitrogen and oxygen atoms in total. The zero-order valence-corrected chi connectivity index (χ0v) is 12.1. The van der Waals surface area contributed by atoms with Crippen LogP contribution in [0.5, 0.6) is 0 Å². The highest BCUT2D eigenvalue weighted by atomic mass is 16.2. The van der Waals surface area contributed by atoms with Gasteiger partial charge in [0, 0.05) is 18.8 Å². The van der Waals surface area contributed by atoms with Crippen molar-refractivity contribution >= 4 is 29.4 Å². The van der Waals surface area contributed by atoms with E-state index in [-0.39, 0.29) is 30.6 Å². The Morgan fingerprint density at radius 3 is 2.87 bits per heavy atom. The van der Waals surface area contributed by atoms with Gasteiger partial charge < -0.3 is 15.6 Å². The number of fused-ring (bicyclic) bond motifs is 1. The van der Waals surface area contributed by atoms with Crippen molar-refractivity contribution in [2.45, 2.75) is 18.9 Å². The number of rotatable bonds is 4. The summed E-state index contributed by atoms with van der Waals surface area (Å²) in [5, 5.41) is 7.91. The molecule has 8 heteroatoms. The zero-order chi connectivity index (χ0) is 16.2. The van der Waals surface area contributed by atoms with Gasteiger partial charge in [-0.3, -0.25) is 19.7 Å². The lowest BCUT2D eigenvalue weighted by molar-refractivity contribution is -0.118. The molecule has 2 heterocycles. The van der Waals surface area contributed by atoms with Gasteiger partial charge in [0.25, 0.3) is 5.91 Å². The van der Waals surface area contributed by atoms with Crippen molar-refractivity contribution in [3.63, 3.8) is 0 Å². The summed E-state index contributed by atoms with van der Waals surface area (Å²) in [6, 6.07) is 6.00. The van der Waals surface area contributed by atoms with Crippen LogP contribution in [-0.2, 0) is 9.59 Å². The van der Waals surface area contributed by atoms with Crippen molar-refractivity contribution in [1.29, 1.82) is 0 Å². The summed E-state index contributed by atoms with van der Waals surface area (Å²) in [5.41, 5.74) is 0.876. The van der Waals surface area contributed by atoms with Crippen LogP contribution in [0.1, 0.15) is 23.2 Å². The highest BCUT2D eigenvalue weighted by molar-refractivity contribution is 6.09. The molecule has 1 atom stereocenters. The number of H-pyrrole nitrogens is 1. The number of hydrogen-bond acceptors (Lipinski definition) is 4. The Morgan fingerprint density at radius 2 is 2.09 bits per heavy atom. The van der Waals surface area contributed by atoms with E-state index in [9.17, 15) is 14.4 Å². The zero-order valence-electron chi connectivity index (χ0n) is 12.1. The van der Waals surface area contributed by atoms with Crippen molar-refractivity contribution < 1.29 is 14.4 Å². The lowest BCUT2D eigenvalue weighted by atomic mass is 10.1. The van der Waals surface area contributed by atoms with Crippen molar-refractivity contribution in [3.8, 4) is 0 Å².